The molecule has 1 aromatic carbocycles. The summed E-state index contributed by atoms with van der Waals surface area (Å²) in [5.74, 6) is 1.28. The molecule has 1 fully saturated rings. The van der Waals surface area contributed by atoms with E-state index < -0.39 is 0 Å². The van der Waals surface area contributed by atoms with Crippen LogP contribution in [0.1, 0.15) is 24.8 Å². The van der Waals surface area contributed by atoms with Gasteiger partial charge in [0.25, 0.3) is 0 Å². The third-order valence-corrected chi connectivity index (χ3v) is 6.24. The lowest BCUT2D eigenvalue weighted by atomic mass is 10.1. The first-order valence-corrected chi connectivity index (χ1v) is 11.2. The number of rotatable bonds is 7. The van der Waals surface area contributed by atoms with Gasteiger partial charge >= 0.3 is 0 Å². The molecule has 2 aromatic heterocycles. The number of ether oxygens (including phenoxy) is 1. The van der Waals surface area contributed by atoms with Gasteiger partial charge in [-0.25, -0.2) is 0 Å². The van der Waals surface area contributed by atoms with Crippen LogP contribution in [0.25, 0.3) is 10.9 Å². The Kier molecular flexibility index (Phi) is 5.76. The van der Waals surface area contributed by atoms with Gasteiger partial charge in [0.05, 0.1) is 6.61 Å². The highest BCUT2D eigenvalue weighted by Crippen LogP contribution is 2.27. The van der Waals surface area contributed by atoms with Gasteiger partial charge in [-0.15, -0.1) is 0 Å². The first-order chi connectivity index (χ1) is 15.3. The summed E-state index contributed by atoms with van der Waals surface area (Å²) >= 11 is 0. The van der Waals surface area contributed by atoms with E-state index >= 15 is 0 Å². The van der Waals surface area contributed by atoms with Crippen molar-refractivity contribution in [1.29, 1.82) is 0 Å². The first-order valence-electron chi connectivity index (χ1n) is 11.2. The molecule has 0 radical (unpaired) electrons. The van der Waals surface area contributed by atoms with Crippen LogP contribution in [0.4, 0.5) is 11.5 Å². The fourth-order valence-corrected chi connectivity index (χ4v) is 4.47. The molecule has 5 rings (SSSR count). The predicted molar refractivity (Wildman–Crippen MR) is 123 cm³/mol. The van der Waals surface area contributed by atoms with Crippen LogP contribution < -0.4 is 15.0 Å². The van der Waals surface area contributed by atoms with Crippen LogP contribution >= 0.6 is 0 Å². The normalized spacial score (nSPS) is 16.9. The summed E-state index contributed by atoms with van der Waals surface area (Å²) in [6.45, 7) is 6.05. The van der Waals surface area contributed by atoms with E-state index in [0.717, 1.165) is 57.5 Å². The number of aromatic nitrogens is 2. The van der Waals surface area contributed by atoms with Gasteiger partial charge in [0.15, 0.2) is 0 Å². The standard InChI is InChI=1S/C24H29N5O2/c30-22-8-6-18-7-9-23(27-24(18)26-22)31-17-2-1-12-28-13-15-29(16-14-28)21-5-3-4-20-19(21)10-11-25-20/h3-5,7,9-11,25H,1-2,6,8,12-17H2,(H,26,27,30). The largest absolute Gasteiger partial charge is 0.478 e. The van der Waals surface area contributed by atoms with Crippen LogP contribution in [0.15, 0.2) is 42.6 Å². The second kappa shape index (κ2) is 8.98. The Morgan fingerprint density at radius 1 is 1.00 bits per heavy atom. The van der Waals surface area contributed by atoms with Crippen molar-refractivity contribution in [3.63, 3.8) is 0 Å². The van der Waals surface area contributed by atoms with Crippen molar-refractivity contribution in [2.24, 2.45) is 0 Å². The Bertz CT molecular complexity index is 1060. The van der Waals surface area contributed by atoms with Crippen LogP contribution in [-0.2, 0) is 11.2 Å². The summed E-state index contributed by atoms with van der Waals surface area (Å²) in [5.41, 5.74) is 3.62. The molecular formula is C24H29N5O2. The van der Waals surface area contributed by atoms with E-state index in [1.807, 2.05) is 18.3 Å². The van der Waals surface area contributed by atoms with Crippen molar-refractivity contribution in [2.45, 2.75) is 25.7 Å². The number of hydrogen-bond acceptors (Lipinski definition) is 5. The Morgan fingerprint density at radius 3 is 2.81 bits per heavy atom. The number of aromatic amines is 1. The minimum absolute atomic E-state index is 0.0297. The summed E-state index contributed by atoms with van der Waals surface area (Å²) in [6, 6.07) is 12.6. The number of benzene rings is 1. The number of hydrogen-bond donors (Lipinski definition) is 2. The molecule has 2 N–H and O–H groups in total. The number of pyridine rings is 1. The van der Waals surface area contributed by atoms with Crippen molar-refractivity contribution < 1.29 is 9.53 Å². The van der Waals surface area contributed by atoms with Crippen molar-refractivity contribution >= 4 is 28.3 Å². The molecule has 7 heteroatoms. The van der Waals surface area contributed by atoms with Gasteiger partial charge in [-0.05, 0) is 55.6 Å². The molecule has 4 heterocycles. The summed E-state index contributed by atoms with van der Waals surface area (Å²) < 4.78 is 5.81. The van der Waals surface area contributed by atoms with Gasteiger partial charge < -0.3 is 19.9 Å². The average molecular weight is 420 g/mol. The summed E-state index contributed by atoms with van der Waals surface area (Å²) in [6.07, 6.45) is 5.40. The van der Waals surface area contributed by atoms with Gasteiger partial charge in [-0.3, -0.25) is 9.69 Å². The molecule has 1 saturated heterocycles. The van der Waals surface area contributed by atoms with Crippen molar-refractivity contribution in [3.8, 4) is 5.88 Å². The zero-order valence-electron chi connectivity index (χ0n) is 17.8. The molecule has 31 heavy (non-hydrogen) atoms. The number of unbranched alkanes of at least 4 members (excludes halogenated alkanes) is 1. The van der Waals surface area contributed by atoms with E-state index in [0.29, 0.717) is 24.7 Å². The van der Waals surface area contributed by atoms with E-state index in [1.165, 1.54) is 16.6 Å². The molecule has 0 aliphatic carbocycles. The monoisotopic (exact) mass is 419 g/mol. The molecule has 2 aliphatic heterocycles. The van der Waals surface area contributed by atoms with Crippen molar-refractivity contribution in [2.75, 3.05) is 49.5 Å². The highest BCUT2D eigenvalue weighted by Gasteiger charge is 2.19. The van der Waals surface area contributed by atoms with Gasteiger partial charge in [-0.1, -0.05) is 6.07 Å². The highest BCUT2D eigenvalue weighted by atomic mass is 16.5. The lowest BCUT2D eigenvalue weighted by molar-refractivity contribution is -0.116. The summed E-state index contributed by atoms with van der Waals surface area (Å²) in [7, 11) is 0. The zero-order chi connectivity index (χ0) is 21.0. The average Bonchev–Trinajstić information content (AvgIpc) is 3.28. The molecule has 0 spiro atoms. The highest BCUT2D eigenvalue weighted by molar-refractivity contribution is 5.93. The molecule has 3 aromatic rings. The molecule has 0 saturated carbocycles. The second-order valence-electron chi connectivity index (χ2n) is 8.31. The van der Waals surface area contributed by atoms with Crippen LogP contribution in [-0.4, -0.2) is 60.1 Å². The number of nitrogens with zero attached hydrogens (tertiary/aromatic N) is 3. The summed E-state index contributed by atoms with van der Waals surface area (Å²) in [4.78, 5) is 24.3. The fourth-order valence-electron chi connectivity index (χ4n) is 4.47. The third-order valence-electron chi connectivity index (χ3n) is 6.24. The number of nitrogens with one attached hydrogen (secondary N) is 2. The quantitative estimate of drug-likeness (QED) is 0.574. The molecule has 0 unspecified atom stereocenters. The molecule has 162 valence electrons. The van der Waals surface area contributed by atoms with Gasteiger partial charge in [0.1, 0.15) is 5.82 Å². The minimum atomic E-state index is 0.0297. The molecule has 1 amide bonds. The number of anilines is 2. The maximum atomic E-state index is 11.5. The number of carbonyl (C=O) groups is 1. The fraction of sp³-hybridized carbons (Fsp3) is 0.417. The van der Waals surface area contributed by atoms with Crippen LogP contribution in [0.3, 0.4) is 0 Å². The number of aryl methyl sites for hydroxylation is 1. The Morgan fingerprint density at radius 2 is 1.90 bits per heavy atom. The van der Waals surface area contributed by atoms with E-state index in [4.69, 9.17) is 4.74 Å². The number of piperazine rings is 1. The zero-order valence-corrected chi connectivity index (χ0v) is 17.8. The smallest absolute Gasteiger partial charge is 0.225 e. The molecule has 0 atom stereocenters. The lowest BCUT2D eigenvalue weighted by Gasteiger charge is -2.36. The van der Waals surface area contributed by atoms with Gasteiger partial charge in [0.2, 0.25) is 11.8 Å². The SMILES string of the molecule is O=C1CCc2ccc(OCCCCN3CCN(c4cccc5[nH]ccc45)CC3)nc2N1. The predicted octanol–water partition coefficient (Wildman–Crippen LogP) is 3.43. The maximum Gasteiger partial charge on any atom is 0.225 e. The van der Waals surface area contributed by atoms with Crippen LogP contribution in [0.5, 0.6) is 5.88 Å². The first kappa shape index (κ1) is 19.9. The van der Waals surface area contributed by atoms with Crippen molar-refractivity contribution in [1.82, 2.24) is 14.9 Å². The second-order valence-corrected chi connectivity index (χ2v) is 8.31. The van der Waals surface area contributed by atoms with Crippen LogP contribution in [0, 0.1) is 0 Å². The topological polar surface area (TPSA) is 73.5 Å². The van der Waals surface area contributed by atoms with E-state index in [1.54, 1.807) is 0 Å². The van der Waals surface area contributed by atoms with E-state index in [9.17, 15) is 4.79 Å². The Balaban J connectivity index is 1.03. The number of carbonyl (C=O) groups excluding carboxylic acids is 1. The number of H-pyrrole nitrogens is 1. The molecule has 7 nitrogen and oxygen atoms in total. The van der Waals surface area contributed by atoms with Gasteiger partial charge in [-0.2, -0.15) is 4.98 Å². The summed E-state index contributed by atoms with van der Waals surface area (Å²) in [5, 5.41) is 4.13. The van der Waals surface area contributed by atoms with Crippen LogP contribution in [0.2, 0.25) is 0 Å². The van der Waals surface area contributed by atoms with Crippen molar-refractivity contribution in [3.05, 3.63) is 48.2 Å². The lowest BCUT2D eigenvalue weighted by Crippen LogP contribution is -2.46. The number of fused-ring (bicyclic) bond motifs is 2. The maximum absolute atomic E-state index is 11.5. The molecule has 2 aliphatic rings. The van der Waals surface area contributed by atoms with E-state index in [-0.39, 0.29) is 5.91 Å². The minimum Gasteiger partial charge on any atom is -0.478 e. The Labute approximate surface area is 182 Å². The van der Waals surface area contributed by atoms with E-state index in [2.05, 4.69) is 49.4 Å². The Hall–Kier alpha value is -3.06. The third kappa shape index (κ3) is 4.51. The van der Waals surface area contributed by atoms with Gasteiger partial charge in [0, 0.05) is 61.5 Å². The number of amides is 1. The molecular weight excluding hydrogens is 390 g/mol. The molecule has 0 bridgehead atoms.